The zero-order chi connectivity index (χ0) is 54.3. The molecular formula is C69H118O6. The highest BCUT2D eigenvalue weighted by Crippen LogP contribution is 2.15. The molecule has 0 aromatic rings. The predicted octanol–water partition coefficient (Wildman–Crippen LogP) is 21.7. The summed E-state index contributed by atoms with van der Waals surface area (Å²) in [6.45, 7) is 6.49. The Morgan fingerprint density at radius 3 is 0.827 bits per heavy atom. The molecule has 0 fully saturated rings. The number of esters is 3. The number of ether oxygens (including phenoxy) is 3. The molecule has 0 amide bonds. The zero-order valence-corrected chi connectivity index (χ0v) is 49.3. The van der Waals surface area contributed by atoms with Crippen molar-refractivity contribution in [2.45, 2.75) is 309 Å². The monoisotopic (exact) mass is 1040 g/mol. The molecular weight excluding hydrogens is 925 g/mol. The van der Waals surface area contributed by atoms with Crippen molar-refractivity contribution in [1.29, 1.82) is 0 Å². The number of unbranched alkanes of at least 4 members (excludes halogenated alkanes) is 30. The lowest BCUT2D eigenvalue weighted by Crippen LogP contribution is -2.30. The number of hydrogen-bond acceptors (Lipinski definition) is 6. The number of rotatable bonds is 57. The van der Waals surface area contributed by atoms with Gasteiger partial charge in [-0.3, -0.25) is 14.4 Å². The first-order chi connectivity index (χ1) is 37.0. The maximum atomic E-state index is 12.9. The van der Waals surface area contributed by atoms with Crippen LogP contribution >= 0.6 is 0 Å². The molecule has 6 nitrogen and oxygen atoms in total. The van der Waals surface area contributed by atoms with E-state index in [0.717, 1.165) is 116 Å². The lowest BCUT2D eigenvalue weighted by Gasteiger charge is -2.18. The molecule has 1 unspecified atom stereocenters. The summed E-state index contributed by atoms with van der Waals surface area (Å²) in [5.74, 6) is -0.931. The minimum atomic E-state index is -0.800. The first kappa shape index (κ1) is 71.3. The van der Waals surface area contributed by atoms with Crippen molar-refractivity contribution in [3.8, 4) is 0 Å². The minimum absolute atomic E-state index is 0.0934. The highest BCUT2D eigenvalue weighted by molar-refractivity contribution is 5.71. The van der Waals surface area contributed by atoms with Gasteiger partial charge in [0.1, 0.15) is 13.2 Å². The van der Waals surface area contributed by atoms with E-state index in [1.54, 1.807) is 0 Å². The third kappa shape index (κ3) is 61.1. The molecule has 0 aliphatic heterocycles. The van der Waals surface area contributed by atoms with Crippen LogP contribution in [0.2, 0.25) is 0 Å². The maximum Gasteiger partial charge on any atom is 0.306 e. The van der Waals surface area contributed by atoms with Gasteiger partial charge in [-0.25, -0.2) is 0 Å². The number of carbonyl (C=O) groups is 3. The molecule has 0 spiro atoms. The lowest BCUT2D eigenvalue weighted by molar-refractivity contribution is -0.167. The molecule has 430 valence electrons. The number of carbonyl (C=O) groups excluding carboxylic acids is 3. The molecule has 0 rings (SSSR count). The summed E-state index contributed by atoms with van der Waals surface area (Å²) in [6, 6.07) is 0. The lowest BCUT2D eigenvalue weighted by atomic mass is 10.0. The average molecular weight is 1040 g/mol. The molecule has 0 heterocycles. The van der Waals surface area contributed by atoms with Gasteiger partial charge in [0.05, 0.1) is 0 Å². The minimum Gasteiger partial charge on any atom is -0.462 e. The molecule has 0 saturated heterocycles. The van der Waals surface area contributed by atoms with Crippen molar-refractivity contribution in [2.75, 3.05) is 13.2 Å². The van der Waals surface area contributed by atoms with Crippen molar-refractivity contribution >= 4 is 17.9 Å². The molecule has 6 heteroatoms. The SMILES string of the molecule is CC/C=C\C/C=C\C/C=C\CCCCCC(=O)OCC(COC(=O)CCCCCCCCCCCCC/C=C\C/C=C\CCCCCCC)OC(=O)CCCCCCCC/C=C\C/C=C\C/C=C\CCCCCCC. The third-order valence-electron chi connectivity index (χ3n) is 13.5. The van der Waals surface area contributed by atoms with Gasteiger partial charge in [-0.05, 0) is 122 Å². The normalized spacial score (nSPS) is 12.7. The third-order valence-corrected chi connectivity index (χ3v) is 13.5. The zero-order valence-electron chi connectivity index (χ0n) is 49.3. The van der Waals surface area contributed by atoms with Crippen LogP contribution in [0.1, 0.15) is 303 Å². The van der Waals surface area contributed by atoms with Crippen LogP contribution in [-0.4, -0.2) is 37.2 Å². The fourth-order valence-electron chi connectivity index (χ4n) is 8.79. The van der Waals surface area contributed by atoms with Crippen molar-refractivity contribution in [2.24, 2.45) is 0 Å². The molecule has 0 saturated carbocycles. The molecule has 75 heavy (non-hydrogen) atoms. The van der Waals surface area contributed by atoms with Gasteiger partial charge in [0, 0.05) is 19.3 Å². The number of hydrogen-bond donors (Lipinski definition) is 0. The molecule has 0 radical (unpaired) electrons. The van der Waals surface area contributed by atoms with Gasteiger partial charge >= 0.3 is 17.9 Å². The summed E-state index contributed by atoms with van der Waals surface area (Å²) in [7, 11) is 0. The summed E-state index contributed by atoms with van der Waals surface area (Å²) in [6.07, 6.45) is 84.1. The second-order valence-corrected chi connectivity index (χ2v) is 20.9. The van der Waals surface area contributed by atoms with Gasteiger partial charge in [-0.15, -0.1) is 0 Å². The van der Waals surface area contributed by atoms with E-state index in [4.69, 9.17) is 14.2 Å². The largest absolute Gasteiger partial charge is 0.462 e. The standard InChI is InChI=1S/C69H118O6/c1-4-7-10-13-16-19-22-25-27-29-31-33-34-36-37-39-41-44-47-50-53-56-59-62-68(71)74-65-66(64-73-67(70)61-58-55-52-49-46-43-24-21-18-15-12-9-6-3)75-69(72)63-60-57-54-51-48-45-42-40-38-35-32-30-28-26-23-20-17-14-11-8-5-2/h9,12,18,21-23,25-26,29-32,38,40,43,46,66H,4-8,10-11,13-17,19-20,24,27-28,33-37,39,41-42,44-45,47-65H2,1-3H3/b12-9-,21-18-,25-22-,26-23-,31-29-,32-30-,40-38-,46-43-. The van der Waals surface area contributed by atoms with Crippen LogP contribution in [0.3, 0.4) is 0 Å². The molecule has 0 aromatic carbocycles. The van der Waals surface area contributed by atoms with Crippen LogP contribution in [0.5, 0.6) is 0 Å². The maximum absolute atomic E-state index is 12.9. The van der Waals surface area contributed by atoms with E-state index in [2.05, 4.69) is 118 Å². The van der Waals surface area contributed by atoms with Gasteiger partial charge in [0.25, 0.3) is 0 Å². The van der Waals surface area contributed by atoms with Gasteiger partial charge in [-0.1, -0.05) is 259 Å². The van der Waals surface area contributed by atoms with E-state index in [-0.39, 0.29) is 31.1 Å². The highest BCUT2D eigenvalue weighted by atomic mass is 16.6. The van der Waals surface area contributed by atoms with E-state index in [1.165, 1.54) is 148 Å². The van der Waals surface area contributed by atoms with E-state index < -0.39 is 6.10 Å². The van der Waals surface area contributed by atoms with E-state index in [1.807, 2.05) is 0 Å². The fraction of sp³-hybridized carbons (Fsp3) is 0.725. The topological polar surface area (TPSA) is 78.9 Å². The fourth-order valence-corrected chi connectivity index (χ4v) is 8.79. The van der Waals surface area contributed by atoms with Gasteiger partial charge in [-0.2, -0.15) is 0 Å². The molecule has 0 bridgehead atoms. The summed E-state index contributed by atoms with van der Waals surface area (Å²) >= 11 is 0. The first-order valence-corrected chi connectivity index (χ1v) is 31.7. The Bertz CT molecular complexity index is 1480. The molecule has 0 N–H and O–H groups in total. The molecule has 1 atom stereocenters. The van der Waals surface area contributed by atoms with E-state index >= 15 is 0 Å². The Hall–Kier alpha value is -3.67. The second-order valence-electron chi connectivity index (χ2n) is 20.9. The van der Waals surface area contributed by atoms with Crippen LogP contribution in [0.25, 0.3) is 0 Å². The summed E-state index contributed by atoms with van der Waals surface area (Å²) in [4.78, 5) is 38.3. The van der Waals surface area contributed by atoms with Crippen molar-refractivity contribution in [3.63, 3.8) is 0 Å². The van der Waals surface area contributed by atoms with E-state index in [9.17, 15) is 14.4 Å². The van der Waals surface area contributed by atoms with Gasteiger partial charge in [0.2, 0.25) is 0 Å². The Morgan fingerprint density at radius 1 is 0.280 bits per heavy atom. The molecule has 0 aliphatic rings. The van der Waals surface area contributed by atoms with Gasteiger partial charge in [0.15, 0.2) is 6.10 Å². The Labute approximate surface area is 464 Å². The highest BCUT2D eigenvalue weighted by Gasteiger charge is 2.19. The molecule has 0 aromatic heterocycles. The quantitative estimate of drug-likeness (QED) is 0.0261. The van der Waals surface area contributed by atoms with Crippen LogP contribution in [0.4, 0.5) is 0 Å². The van der Waals surface area contributed by atoms with Crippen LogP contribution in [0, 0.1) is 0 Å². The van der Waals surface area contributed by atoms with Crippen molar-refractivity contribution in [1.82, 2.24) is 0 Å². The average Bonchev–Trinajstić information content (AvgIpc) is 3.41. The Morgan fingerprint density at radius 2 is 0.520 bits per heavy atom. The van der Waals surface area contributed by atoms with E-state index in [0.29, 0.717) is 19.3 Å². The smallest absolute Gasteiger partial charge is 0.306 e. The first-order valence-electron chi connectivity index (χ1n) is 31.7. The van der Waals surface area contributed by atoms with Crippen LogP contribution < -0.4 is 0 Å². The number of allylic oxidation sites excluding steroid dienone is 16. The van der Waals surface area contributed by atoms with Crippen LogP contribution in [0.15, 0.2) is 97.2 Å². The summed E-state index contributed by atoms with van der Waals surface area (Å²) in [5.41, 5.74) is 0. The summed E-state index contributed by atoms with van der Waals surface area (Å²) in [5, 5.41) is 0. The Balaban J connectivity index is 4.38. The van der Waals surface area contributed by atoms with Crippen molar-refractivity contribution in [3.05, 3.63) is 97.2 Å². The molecule has 0 aliphatic carbocycles. The predicted molar refractivity (Wildman–Crippen MR) is 325 cm³/mol. The van der Waals surface area contributed by atoms with Crippen LogP contribution in [-0.2, 0) is 28.6 Å². The summed E-state index contributed by atoms with van der Waals surface area (Å²) < 4.78 is 16.9. The van der Waals surface area contributed by atoms with Crippen molar-refractivity contribution < 1.29 is 28.6 Å². The Kier molecular flexibility index (Phi) is 59.8. The second kappa shape index (κ2) is 62.9. The van der Waals surface area contributed by atoms with Gasteiger partial charge < -0.3 is 14.2 Å².